The molecule has 0 aliphatic rings. The molecule has 3 aromatic rings. The van der Waals surface area contributed by atoms with E-state index in [1.165, 1.54) is 12.1 Å². The highest BCUT2D eigenvalue weighted by Crippen LogP contribution is 2.26. The lowest BCUT2D eigenvalue weighted by molar-refractivity contribution is -0.384. The number of nitrogens with zero attached hydrogens (tertiary/aromatic N) is 4. The third-order valence-electron chi connectivity index (χ3n) is 3.26. The van der Waals surface area contributed by atoms with E-state index in [9.17, 15) is 14.9 Å². The minimum atomic E-state index is -0.504. The van der Waals surface area contributed by atoms with E-state index in [0.717, 1.165) is 11.3 Å². The largest absolute Gasteiger partial charge is 0.457 e. The van der Waals surface area contributed by atoms with Gasteiger partial charge in [0.15, 0.2) is 10.8 Å². The summed E-state index contributed by atoms with van der Waals surface area (Å²) < 4.78 is 5.27. The molecular weight excluding hydrogens is 344 g/mol. The first-order chi connectivity index (χ1) is 12.0. The number of aryl methyl sites for hydroxylation is 1. The summed E-state index contributed by atoms with van der Waals surface area (Å²) in [6.45, 7) is 1.73. The van der Waals surface area contributed by atoms with E-state index >= 15 is 0 Å². The van der Waals surface area contributed by atoms with E-state index < -0.39 is 10.9 Å². The summed E-state index contributed by atoms with van der Waals surface area (Å²) in [7, 11) is 0. The van der Waals surface area contributed by atoms with Crippen molar-refractivity contribution in [2.75, 3.05) is 0 Å². The molecule has 0 amide bonds. The van der Waals surface area contributed by atoms with Crippen LogP contribution in [-0.2, 0) is 11.3 Å². The van der Waals surface area contributed by atoms with Crippen LogP contribution in [0.2, 0.25) is 0 Å². The molecule has 0 spiro atoms. The van der Waals surface area contributed by atoms with Gasteiger partial charge in [0, 0.05) is 24.5 Å². The normalized spacial score (nSPS) is 10.4. The molecule has 126 valence electrons. The van der Waals surface area contributed by atoms with Crippen molar-refractivity contribution in [2.24, 2.45) is 0 Å². The SMILES string of the molecule is Cc1nc(-c2ncccn2)sc1C(=O)OCc1ccc([N+](=O)[O-])cc1. The van der Waals surface area contributed by atoms with Crippen molar-refractivity contribution in [3.63, 3.8) is 0 Å². The number of benzene rings is 1. The number of hydrogen-bond acceptors (Lipinski definition) is 8. The standard InChI is InChI=1S/C16H12N4O4S/c1-10-13(25-15(19-10)14-17-7-2-8-18-14)16(21)24-9-11-3-5-12(6-4-11)20(22)23/h2-8H,9H2,1H3. The first-order valence-electron chi connectivity index (χ1n) is 7.20. The van der Waals surface area contributed by atoms with Crippen molar-refractivity contribution in [1.29, 1.82) is 0 Å². The van der Waals surface area contributed by atoms with Crippen LogP contribution in [0.5, 0.6) is 0 Å². The molecule has 0 saturated heterocycles. The highest BCUT2D eigenvalue weighted by Gasteiger charge is 2.19. The number of carbonyl (C=O) groups is 1. The molecule has 2 heterocycles. The number of rotatable bonds is 5. The summed E-state index contributed by atoms with van der Waals surface area (Å²) in [5, 5.41) is 11.2. The van der Waals surface area contributed by atoms with Crippen LogP contribution in [0, 0.1) is 17.0 Å². The molecule has 0 aliphatic heterocycles. The minimum absolute atomic E-state index is 0.0131. The molecule has 25 heavy (non-hydrogen) atoms. The number of non-ortho nitro benzene ring substituents is 1. The summed E-state index contributed by atoms with van der Waals surface area (Å²) in [5.74, 6) is -0.0550. The average molecular weight is 356 g/mol. The van der Waals surface area contributed by atoms with Crippen molar-refractivity contribution in [3.8, 4) is 10.8 Å². The van der Waals surface area contributed by atoms with Crippen LogP contribution in [0.1, 0.15) is 20.9 Å². The van der Waals surface area contributed by atoms with E-state index in [1.807, 2.05) is 0 Å². The van der Waals surface area contributed by atoms with E-state index in [-0.39, 0.29) is 12.3 Å². The lowest BCUT2D eigenvalue weighted by Crippen LogP contribution is -2.04. The zero-order chi connectivity index (χ0) is 17.8. The van der Waals surface area contributed by atoms with Crippen LogP contribution in [-0.4, -0.2) is 25.8 Å². The third kappa shape index (κ3) is 3.83. The van der Waals surface area contributed by atoms with Crippen molar-refractivity contribution in [1.82, 2.24) is 15.0 Å². The van der Waals surface area contributed by atoms with E-state index in [2.05, 4.69) is 15.0 Å². The van der Waals surface area contributed by atoms with Crippen LogP contribution in [0.25, 0.3) is 10.8 Å². The number of nitro benzene ring substituents is 1. The first-order valence-corrected chi connectivity index (χ1v) is 8.01. The lowest BCUT2D eigenvalue weighted by Gasteiger charge is -2.03. The molecule has 0 unspecified atom stereocenters. The highest BCUT2D eigenvalue weighted by molar-refractivity contribution is 7.16. The van der Waals surface area contributed by atoms with Gasteiger partial charge in [-0.05, 0) is 30.7 Å². The fourth-order valence-corrected chi connectivity index (χ4v) is 2.93. The Bertz CT molecular complexity index is 910. The van der Waals surface area contributed by atoms with E-state index in [4.69, 9.17) is 4.74 Å². The summed E-state index contributed by atoms with van der Waals surface area (Å²) in [4.78, 5) is 35.3. The second kappa shape index (κ2) is 7.14. The van der Waals surface area contributed by atoms with Gasteiger partial charge in [-0.3, -0.25) is 10.1 Å². The molecule has 8 nitrogen and oxygen atoms in total. The Balaban J connectivity index is 1.69. The Morgan fingerprint density at radius 2 is 1.92 bits per heavy atom. The van der Waals surface area contributed by atoms with Crippen molar-refractivity contribution in [3.05, 3.63) is 69.0 Å². The van der Waals surface area contributed by atoms with Crippen LogP contribution < -0.4 is 0 Å². The number of aromatic nitrogens is 3. The Morgan fingerprint density at radius 1 is 1.24 bits per heavy atom. The Labute approximate surface area is 146 Å². The van der Waals surface area contributed by atoms with Crippen LogP contribution in [0.15, 0.2) is 42.7 Å². The predicted molar refractivity (Wildman–Crippen MR) is 90.1 cm³/mol. The van der Waals surface area contributed by atoms with Gasteiger partial charge in [0.1, 0.15) is 11.5 Å². The maximum absolute atomic E-state index is 12.3. The molecule has 2 aromatic heterocycles. The monoisotopic (exact) mass is 356 g/mol. The Morgan fingerprint density at radius 3 is 2.56 bits per heavy atom. The van der Waals surface area contributed by atoms with Crippen molar-refractivity contribution >= 4 is 23.0 Å². The van der Waals surface area contributed by atoms with E-state index in [1.54, 1.807) is 37.5 Å². The number of hydrogen-bond donors (Lipinski definition) is 0. The highest BCUT2D eigenvalue weighted by atomic mass is 32.1. The number of thiazole rings is 1. The third-order valence-corrected chi connectivity index (χ3v) is 4.39. The Hall–Kier alpha value is -3.20. The zero-order valence-corrected chi connectivity index (χ0v) is 13.9. The van der Waals surface area contributed by atoms with E-state index in [0.29, 0.717) is 27.0 Å². The second-order valence-electron chi connectivity index (χ2n) is 5.01. The molecule has 0 radical (unpaired) electrons. The van der Waals surface area contributed by atoms with Gasteiger partial charge in [0.05, 0.1) is 10.6 Å². The molecule has 1 aromatic carbocycles. The number of ether oxygens (including phenoxy) is 1. The van der Waals surface area contributed by atoms with Gasteiger partial charge in [-0.2, -0.15) is 0 Å². The van der Waals surface area contributed by atoms with Crippen molar-refractivity contribution in [2.45, 2.75) is 13.5 Å². The summed E-state index contributed by atoms with van der Waals surface area (Å²) in [6, 6.07) is 7.53. The smallest absolute Gasteiger partial charge is 0.350 e. The van der Waals surface area contributed by atoms with Gasteiger partial charge in [0.2, 0.25) is 0 Å². The number of carbonyl (C=O) groups excluding carboxylic acids is 1. The quantitative estimate of drug-likeness (QED) is 0.392. The minimum Gasteiger partial charge on any atom is -0.457 e. The topological polar surface area (TPSA) is 108 Å². The predicted octanol–water partition coefficient (Wildman–Crippen LogP) is 3.17. The van der Waals surface area contributed by atoms with Gasteiger partial charge in [-0.15, -0.1) is 11.3 Å². The van der Waals surface area contributed by atoms with Gasteiger partial charge < -0.3 is 4.74 Å². The van der Waals surface area contributed by atoms with Crippen molar-refractivity contribution < 1.29 is 14.5 Å². The van der Waals surface area contributed by atoms with Crippen LogP contribution in [0.3, 0.4) is 0 Å². The number of nitro groups is 1. The van der Waals surface area contributed by atoms with Gasteiger partial charge >= 0.3 is 5.97 Å². The second-order valence-corrected chi connectivity index (χ2v) is 6.00. The molecule has 0 aliphatic carbocycles. The van der Waals surface area contributed by atoms with Crippen LogP contribution in [0.4, 0.5) is 5.69 Å². The Kier molecular flexibility index (Phi) is 4.75. The summed E-state index contributed by atoms with van der Waals surface area (Å²) in [5.41, 5.74) is 1.19. The number of esters is 1. The van der Waals surface area contributed by atoms with Crippen LogP contribution >= 0.6 is 11.3 Å². The molecule has 0 N–H and O–H groups in total. The summed E-state index contributed by atoms with van der Waals surface area (Å²) >= 11 is 1.16. The molecular formula is C16H12N4O4S. The maximum atomic E-state index is 12.3. The average Bonchev–Trinajstić information content (AvgIpc) is 3.02. The molecule has 9 heteroatoms. The fraction of sp³-hybridized carbons (Fsp3) is 0.125. The van der Waals surface area contributed by atoms with Gasteiger partial charge in [-0.25, -0.2) is 19.7 Å². The summed E-state index contributed by atoms with van der Waals surface area (Å²) in [6.07, 6.45) is 3.21. The van der Waals surface area contributed by atoms with Gasteiger partial charge in [-0.1, -0.05) is 0 Å². The maximum Gasteiger partial charge on any atom is 0.350 e. The lowest BCUT2D eigenvalue weighted by atomic mass is 10.2. The molecule has 0 atom stereocenters. The molecule has 0 fully saturated rings. The first kappa shape index (κ1) is 16.7. The molecule has 0 bridgehead atoms. The zero-order valence-electron chi connectivity index (χ0n) is 13.1. The fourth-order valence-electron chi connectivity index (χ4n) is 2.02. The van der Waals surface area contributed by atoms with Gasteiger partial charge in [0.25, 0.3) is 5.69 Å². The molecule has 3 rings (SSSR count). The molecule has 0 saturated carbocycles.